The molecule has 6 amide bonds. The largest absolute Gasteiger partial charge is 0.504 e. The molecule has 8 saturated heterocycles. The number of hydrogen-bond acceptors (Lipinski definition) is 14. The van der Waals surface area contributed by atoms with Crippen LogP contribution < -0.4 is 10.1 Å². The number of nitrogens with one attached hydrogen (secondary N) is 1. The molecule has 13 rings (SSSR count). The van der Waals surface area contributed by atoms with E-state index in [1.165, 1.54) is 16.9 Å². The number of likely N-dealkylation sites (tertiary alicyclic amines) is 1. The zero-order chi connectivity index (χ0) is 53.7. The third kappa shape index (κ3) is 8.50. The summed E-state index contributed by atoms with van der Waals surface area (Å²) >= 11 is 0. The number of nitrogens with zero attached hydrogens (tertiary/aromatic N) is 13. The average Bonchev–Trinajstić information content (AvgIpc) is 4.30. The first kappa shape index (κ1) is 51.2. The summed E-state index contributed by atoms with van der Waals surface area (Å²) in [6, 6.07) is 27.5. The van der Waals surface area contributed by atoms with Crippen LogP contribution in [0.2, 0.25) is 0 Å². The standard InChI is InChI=1S/C32H35N7O5.C24H27N7O3/c1-43-29-9-6-21(16-28(29)40)18-37-19-22-17-27(25-7-8-26(34-35-33)24-5-3-2-4-23(24)25)39-31(42)38(30(41)32(22,39)20-37)11-10-36-12-14-44-15-13-36;25-28-27-20-6-5-19(17-3-1-2-4-18(17)20)21-13-16-14-26-15-24(16)22(32)30(23(33)31(21)24)8-7-29-9-11-34-12-10-29/h2-9,16,22,27,40H,10-15,17-20H2,1H3;1-6,16,21,26H,7-15H2/t22-,27-,32+;16-,21-,24+/m11/s1. The Morgan fingerprint density at radius 2 is 1.17 bits per heavy atom. The summed E-state index contributed by atoms with van der Waals surface area (Å²) in [5, 5.41) is 25.0. The number of methoxy groups -OCH3 is 1. The van der Waals surface area contributed by atoms with Gasteiger partial charge in [-0.3, -0.25) is 34.1 Å². The van der Waals surface area contributed by atoms with Gasteiger partial charge in [-0.2, -0.15) is 0 Å². The first-order valence-corrected chi connectivity index (χ1v) is 26.9. The van der Waals surface area contributed by atoms with Crippen LogP contribution in [-0.2, 0) is 25.6 Å². The van der Waals surface area contributed by atoms with Crippen LogP contribution >= 0.6 is 0 Å². The molecule has 0 radical (unpaired) electrons. The maximum Gasteiger partial charge on any atom is 0.328 e. The molecular formula is C56H62N14O8. The van der Waals surface area contributed by atoms with Crippen LogP contribution in [0.3, 0.4) is 0 Å². The predicted octanol–water partition coefficient (Wildman–Crippen LogP) is 7.19. The molecule has 22 heteroatoms. The molecule has 5 aromatic carbocycles. The quantitative estimate of drug-likeness (QED) is 0.0515. The van der Waals surface area contributed by atoms with Crippen LogP contribution in [0.1, 0.15) is 41.6 Å². The molecule has 0 unspecified atom stereocenters. The molecule has 2 N–H and O–H groups in total. The van der Waals surface area contributed by atoms with Crippen molar-refractivity contribution < 1.29 is 38.5 Å². The van der Waals surface area contributed by atoms with Crippen molar-refractivity contribution in [1.29, 1.82) is 0 Å². The zero-order valence-corrected chi connectivity index (χ0v) is 43.5. The fourth-order valence-electron chi connectivity index (χ4n) is 14.1. The van der Waals surface area contributed by atoms with E-state index in [1.54, 1.807) is 18.2 Å². The molecule has 6 atom stereocenters. The molecular weight excluding hydrogens is 997 g/mol. The van der Waals surface area contributed by atoms with Crippen molar-refractivity contribution in [2.24, 2.45) is 22.1 Å². The molecule has 0 bridgehead atoms. The molecule has 78 heavy (non-hydrogen) atoms. The van der Waals surface area contributed by atoms with Gasteiger partial charge in [0.05, 0.1) is 45.6 Å². The number of phenols is 1. The van der Waals surface area contributed by atoms with Gasteiger partial charge in [0.25, 0.3) is 11.8 Å². The average molecular weight is 1060 g/mol. The van der Waals surface area contributed by atoms with E-state index >= 15 is 0 Å². The Balaban J connectivity index is 0.000000161. The van der Waals surface area contributed by atoms with Crippen molar-refractivity contribution in [2.75, 3.05) is 112 Å². The number of phenolic OH excluding ortho intramolecular Hbond substituents is 1. The summed E-state index contributed by atoms with van der Waals surface area (Å²) in [7, 11) is 1.52. The van der Waals surface area contributed by atoms with E-state index in [1.807, 2.05) is 82.6 Å². The minimum Gasteiger partial charge on any atom is -0.504 e. The molecule has 404 valence electrons. The summed E-state index contributed by atoms with van der Waals surface area (Å²) in [6.45, 7) is 10.7. The smallest absolute Gasteiger partial charge is 0.328 e. The lowest BCUT2D eigenvalue weighted by Gasteiger charge is -2.32. The van der Waals surface area contributed by atoms with Gasteiger partial charge >= 0.3 is 12.1 Å². The highest BCUT2D eigenvalue weighted by Gasteiger charge is 2.71. The van der Waals surface area contributed by atoms with Gasteiger partial charge in [-0.1, -0.05) is 89.1 Å². The van der Waals surface area contributed by atoms with Gasteiger partial charge in [0, 0.05) is 118 Å². The van der Waals surface area contributed by atoms with Crippen LogP contribution in [0.25, 0.3) is 42.4 Å². The van der Waals surface area contributed by atoms with Gasteiger partial charge in [-0.05, 0) is 74.3 Å². The SMILES string of the molecule is COc1ccc(CN2C[C@H]3C[C@H](c4ccc(N=[N+]=[N-])c5ccccc45)N4C(=O)N(CCN5CCOCC5)C(=O)[C@]34C2)cc1O.[N-]=[N+]=Nc1ccc([C@H]2C[C@@H]3CNC[C@@]34C(=O)N(CCN3CCOCC3)C(=O)N24)c2ccccc12. The third-order valence-corrected chi connectivity index (χ3v) is 17.7. The molecule has 8 aliphatic heterocycles. The summed E-state index contributed by atoms with van der Waals surface area (Å²) in [6.07, 6.45) is 1.37. The van der Waals surface area contributed by atoms with E-state index < -0.39 is 11.1 Å². The maximum atomic E-state index is 14.5. The van der Waals surface area contributed by atoms with Crippen molar-refractivity contribution >= 4 is 56.8 Å². The summed E-state index contributed by atoms with van der Waals surface area (Å²) in [4.78, 5) is 75.7. The molecule has 0 aliphatic carbocycles. The number of morpholine rings is 2. The Hall–Kier alpha value is -7.52. The molecule has 0 aromatic heterocycles. The molecule has 22 nitrogen and oxygen atoms in total. The highest BCUT2D eigenvalue weighted by molar-refractivity contribution is 6.10. The second kappa shape index (κ2) is 21.0. The van der Waals surface area contributed by atoms with Gasteiger partial charge in [0.2, 0.25) is 0 Å². The van der Waals surface area contributed by atoms with Crippen LogP contribution in [0.4, 0.5) is 21.0 Å². The number of fused-ring (bicyclic) bond motifs is 2. The number of amides is 6. The molecule has 8 aliphatic rings. The lowest BCUT2D eigenvalue weighted by Crippen LogP contribution is -2.51. The van der Waals surface area contributed by atoms with E-state index in [2.05, 4.69) is 40.1 Å². The molecule has 8 fully saturated rings. The number of azide groups is 2. The van der Waals surface area contributed by atoms with Crippen molar-refractivity contribution in [3.05, 3.63) is 129 Å². The Morgan fingerprint density at radius 3 is 1.69 bits per heavy atom. The van der Waals surface area contributed by atoms with Gasteiger partial charge < -0.3 is 34.4 Å². The number of ether oxygens (including phenoxy) is 3. The van der Waals surface area contributed by atoms with Crippen LogP contribution in [0.15, 0.2) is 101 Å². The number of carbonyl (C=O) groups is 4. The Kier molecular flexibility index (Phi) is 13.8. The molecule has 2 spiro atoms. The second-order valence-electron chi connectivity index (χ2n) is 21.5. The summed E-state index contributed by atoms with van der Waals surface area (Å²) in [5.74, 6) is 0.279. The lowest BCUT2D eigenvalue weighted by atomic mass is 9.87. The number of imide groups is 2. The summed E-state index contributed by atoms with van der Waals surface area (Å²) < 4.78 is 16.1. The van der Waals surface area contributed by atoms with E-state index in [4.69, 9.17) is 25.3 Å². The van der Waals surface area contributed by atoms with Gasteiger partial charge in [0.15, 0.2) is 11.5 Å². The molecule has 5 aromatic rings. The highest BCUT2D eigenvalue weighted by Crippen LogP contribution is 2.57. The lowest BCUT2D eigenvalue weighted by molar-refractivity contribution is -0.134. The minimum absolute atomic E-state index is 0.0675. The van der Waals surface area contributed by atoms with Crippen LogP contribution in [0, 0.1) is 11.8 Å². The van der Waals surface area contributed by atoms with Crippen molar-refractivity contribution in [1.82, 2.24) is 39.6 Å². The zero-order valence-electron chi connectivity index (χ0n) is 43.5. The monoisotopic (exact) mass is 1060 g/mol. The van der Waals surface area contributed by atoms with Crippen molar-refractivity contribution in [3.63, 3.8) is 0 Å². The Bertz CT molecular complexity index is 3300. The number of benzene rings is 5. The number of carbonyl (C=O) groups excluding carboxylic acids is 4. The summed E-state index contributed by atoms with van der Waals surface area (Å²) in [5.41, 5.74) is 20.3. The molecule has 8 heterocycles. The van der Waals surface area contributed by atoms with Crippen LogP contribution in [-0.4, -0.2) is 186 Å². The number of hydrogen-bond donors (Lipinski definition) is 2. The minimum atomic E-state index is -0.980. The fraction of sp³-hybridized carbons (Fsp3) is 0.464. The molecule has 0 saturated carbocycles. The second-order valence-corrected chi connectivity index (χ2v) is 21.5. The normalized spacial score (nSPS) is 26.9. The van der Waals surface area contributed by atoms with Crippen molar-refractivity contribution in [3.8, 4) is 11.5 Å². The van der Waals surface area contributed by atoms with Crippen LogP contribution in [0.5, 0.6) is 11.5 Å². The third-order valence-electron chi connectivity index (χ3n) is 17.7. The Labute approximate surface area is 450 Å². The number of rotatable bonds is 13. The van der Waals surface area contributed by atoms with Gasteiger partial charge in [-0.15, -0.1) is 0 Å². The van der Waals surface area contributed by atoms with E-state index in [9.17, 15) is 24.3 Å². The highest BCUT2D eigenvalue weighted by atomic mass is 16.5. The fourth-order valence-corrected chi connectivity index (χ4v) is 14.1. The Morgan fingerprint density at radius 1 is 0.654 bits per heavy atom. The maximum absolute atomic E-state index is 14.5. The van der Waals surface area contributed by atoms with E-state index in [0.29, 0.717) is 102 Å². The van der Waals surface area contributed by atoms with E-state index in [-0.39, 0.29) is 53.5 Å². The van der Waals surface area contributed by atoms with Crippen molar-refractivity contribution in [2.45, 2.75) is 42.5 Å². The number of aromatic hydroxyl groups is 1. The van der Waals surface area contributed by atoms with Gasteiger partial charge in [0.1, 0.15) is 11.1 Å². The van der Waals surface area contributed by atoms with E-state index in [0.717, 1.165) is 77.4 Å². The predicted molar refractivity (Wildman–Crippen MR) is 288 cm³/mol. The topological polar surface area (TPSA) is 248 Å². The first-order chi connectivity index (χ1) is 38.1. The van der Waals surface area contributed by atoms with Gasteiger partial charge in [-0.25, -0.2) is 9.59 Å². The number of urea groups is 2. The first-order valence-electron chi connectivity index (χ1n) is 26.9.